The molecule has 1 unspecified atom stereocenters. The number of aliphatic hydroxyl groups excluding tert-OH is 1. The molecule has 0 spiro atoms. The van der Waals surface area contributed by atoms with Crippen LogP contribution in [-0.4, -0.2) is 27.7 Å². The van der Waals surface area contributed by atoms with Gasteiger partial charge in [-0.25, -0.2) is 0 Å². The number of hydrogen-bond donors (Lipinski definition) is 2. The second-order valence-corrected chi connectivity index (χ2v) is 5.53. The second kappa shape index (κ2) is 6.59. The van der Waals surface area contributed by atoms with Gasteiger partial charge in [0.25, 0.3) is 5.91 Å². The van der Waals surface area contributed by atoms with Crippen LogP contribution in [0.5, 0.6) is 0 Å². The first-order valence-electron chi connectivity index (χ1n) is 7.20. The molecule has 1 heterocycles. The topological polar surface area (TPSA) is 54.3 Å². The molecule has 0 bridgehead atoms. The summed E-state index contributed by atoms with van der Waals surface area (Å²) in [5.41, 5.74) is 1.16. The van der Waals surface area contributed by atoms with E-state index in [1.165, 1.54) is 0 Å². The molecule has 1 aromatic heterocycles. The zero-order chi connectivity index (χ0) is 15.3. The molecular weight excluding hydrogens is 264 g/mol. The average molecular weight is 286 g/mol. The van der Waals surface area contributed by atoms with Crippen molar-refractivity contribution < 1.29 is 9.90 Å². The smallest absolute Gasteiger partial charge is 0.268 e. The zero-order valence-electron chi connectivity index (χ0n) is 12.5. The van der Waals surface area contributed by atoms with Gasteiger partial charge < -0.3 is 15.0 Å². The van der Waals surface area contributed by atoms with Gasteiger partial charge in [-0.1, -0.05) is 37.3 Å². The summed E-state index contributed by atoms with van der Waals surface area (Å²) in [5, 5.41) is 12.3. The summed E-state index contributed by atoms with van der Waals surface area (Å²) in [6, 6.07) is 13.7. The van der Waals surface area contributed by atoms with Crippen molar-refractivity contribution in [2.75, 3.05) is 6.61 Å². The quantitative estimate of drug-likeness (QED) is 0.857. The Hall–Kier alpha value is -2.07. The molecule has 4 nitrogen and oxygen atoms in total. The lowest BCUT2D eigenvalue weighted by Crippen LogP contribution is -2.48. The summed E-state index contributed by atoms with van der Waals surface area (Å²) in [7, 11) is 0. The van der Waals surface area contributed by atoms with Crippen LogP contribution in [0.2, 0.25) is 0 Å². The highest BCUT2D eigenvalue weighted by Gasteiger charge is 2.24. The molecule has 0 aliphatic rings. The van der Waals surface area contributed by atoms with Gasteiger partial charge in [0.15, 0.2) is 0 Å². The fourth-order valence-electron chi connectivity index (χ4n) is 2.12. The molecule has 1 atom stereocenters. The van der Waals surface area contributed by atoms with E-state index in [0.29, 0.717) is 18.7 Å². The van der Waals surface area contributed by atoms with Gasteiger partial charge in [0.2, 0.25) is 0 Å². The van der Waals surface area contributed by atoms with Gasteiger partial charge >= 0.3 is 0 Å². The highest BCUT2D eigenvalue weighted by atomic mass is 16.3. The van der Waals surface area contributed by atoms with Gasteiger partial charge in [0.1, 0.15) is 5.69 Å². The van der Waals surface area contributed by atoms with Crippen LogP contribution < -0.4 is 5.32 Å². The van der Waals surface area contributed by atoms with E-state index in [9.17, 15) is 9.90 Å². The first-order chi connectivity index (χ1) is 10.1. The molecule has 0 saturated carbocycles. The maximum Gasteiger partial charge on any atom is 0.268 e. The number of carbonyl (C=O) groups is 1. The summed E-state index contributed by atoms with van der Waals surface area (Å²) in [6.07, 6.45) is 2.57. The van der Waals surface area contributed by atoms with E-state index in [1.807, 2.05) is 61.0 Å². The van der Waals surface area contributed by atoms with Crippen LogP contribution in [0.25, 0.3) is 0 Å². The van der Waals surface area contributed by atoms with Crippen LogP contribution in [-0.2, 0) is 6.54 Å². The summed E-state index contributed by atoms with van der Waals surface area (Å²) in [4.78, 5) is 12.4. The first-order valence-corrected chi connectivity index (χ1v) is 7.20. The van der Waals surface area contributed by atoms with Crippen LogP contribution in [0.3, 0.4) is 0 Å². The lowest BCUT2D eigenvalue weighted by Gasteiger charge is -2.27. The largest absolute Gasteiger partial charge is 0.394 e. The lowest BCUT2D eigenvalue weighted by atomic mass is 10.00. The number of nitrogens with one attached hydrogen (secondary N) is 1. The van der Waals surface area contributed by atoms with Gasteiger partial charge in [0, 0.05) is 12.7 Å². The molecule has 0 fully saturated rings. The van der Waals surface area contributed by atoms with Gasteiger partial charge in [-0.05, 0) is 31.0 Å². The van der Waals surface area contributed by atoms with E-state index in [2.05, 4.69) is 5.32 Å². The summed E-state index contributed by atoms with van der Waals surface area (Å²) < 4.78 is 1.91. The molecule has 2 N–H and O–H groups in total. The van der Waals surface area contributed by atoms with Crippen LogP contribution in [0.4, 0.5) is 0 Å². The Bertz CT molecular complexity index is 586. The number of aliphatic hydroxyl groups is 1. The third-order valence-electron chi connectivity index (χ3n) is 3.80. The maximum absolute atomic E-state index is 12.4. The molecule has 21 heavy (non-hydrogen) atoms. The summed E-state index contributed by atoms with van der Waals surface area (Å²) in [5.74, 6) is -0.158. The Labute approximate surface area is 125 Å². The molecule has 1 aromatic carbocycles. The number of carbonyl (C=O) groups excluding carboxylic acids is 1. The van der Waals surface area contributed by atoms with Crippen molar-refractivity contribution in [2.45, 2.75) is 32.4 Å². The van der Waals surface area contributed by atoms with Crippen molar-refractivity contribution in [1.29, 1.82) is 0 Å². The van der Waals surface area contributed by atoms with Crippen LogP contribution >= 0.6 is 0 Å². The van der Waals surface area contributed by atoms with Crippen molar-refractivity contribution in [2.24, 2.45) is 0 Å². The predicted molar refractivity (Wildman–Crippen MR) is 83.2 cm³/mol. The van der Waals surface area contributed by atoms with E-state index in [0.717, 1.165) is 5.56 Å². The minimum absolute atomic E-state index is 0.0748. The van der Waals surface area contributed by atoms with E-state index >= 15 is 0 Å². The molecule has 0 radical (unpaired) electrons. The van der Waals surface area contributed by atoms with Gasteiger partial charge in [0.05, 0.1) is 12.1 Å². The predicted octanol–water partition coefficient (Wildman–Crippen LogP) is 2.43. The second-order valence-electron chi connectivity index (χ2n) is 5.53. The molecule has 2 rings (SSSR count). The molecule has 2 aromatic rings. The van der Waals surface area contributed by atoms with E-state index in [4.69, 9.17) is 0 Å². The Morgan fingerprint density at radius 1 is 1.24 bits per heavy atom. The Morgan fingerprint density at radius 2 is 1.95 bits per heavy atom. The van der Waals surface area contributed by atoms with Crippen molar-refractivity contribution in [3.05, 3.63) is 59.9 Å². The molecule has 0 aliphatic heterocycles. The fraction of sp³-hybridized carbons (Fsp3) is 0.353. The highest BCUT2D eigenvalue weighted by molar-refractivity contribution is 5.93. The SMILES string of the molecule is CCC(C)(CO)NC(=O)c1cccn1Cc1ccccc1. The van der Waals surface area contributed by atoms with Crippen molar-refractivity contribution >= 4 is 5.91 Å². The minimum Gasteiger partial charge on any atom is -0.394 e. The van der Waals surface area contributed by atoms with Gasteiger partial charge in [-0.2, -0.15) is 0 Å². The van der Waals surface area contributed by atoms with Crippen LogP contribution in [0.15, 0.2) is 48.7 Å². The molecule has 1 amide bonds. The number of benzene rings is 1. The number of aromatic nitrogens is 1. The van der Waals surface area contributed by atoms with Crippen LogP contribution in [0, 0.1) is 0 Å². The lowest BCUT2D eigenvalue weighted by molar-refractivity contribution is 0.0838. The van der Waals surface area contributed by atoms with E-state index in [-0.39, 0.29) is 12.5 Å². The maximum atomic E-state index is 12.4. The van der Waals surface area contributed by atoms with E-state index in [1.54, 1.807) is 6.07 Å². The fourth-order valence-corrected chi connectivity index (χ4v) is 2.12. The number of rotatable bonds is 6. The zero-order valence-corrected chi connectivity index (χ0v) is 12.5. The number of amides is 1. The molecule has 4 heteroatoms. The van der Waals surface area contributed by atoms with Crippen molar-refractivity contribution in [3.63, 3.8) is 0 Å². The third-order valence-corrected chi connectivity index (χ3v) is 3.80. The monoisotopic (exact) mass is 286 g/mol. The molecule has 112 valence electrons. The normalized spacial score (nSPS) is 13.7. The molecular formula is C17H22N2O2. The summed E-state index contributed by atoms with van der Waals surface area (Å²) in [6.45, 7) is 4.36. The Morgan fingerprint density at radius 3 is 2.57 bits per heavy atom. The van der Waals surface area contributed by atoms with Gasteiger partial charge in [-0.3, -0.25) is 4.79 Å². The Kier molecular flexibility index (Phi) is 4.81. The third kappa shape index (κ3) is 3.73. The minimum atomic E-state index is -0.584. The summed E-state index contributed by atoms with van der Waals surface area (Å²) >= 11 is 0. The van der Waals surface area contributed by atoms with Gasteiger partial charge in [-0.15, -0.1) is 0 Å². The first kappa shape index (κ1) is 15.3. The molecule has 0 saturated heterocycles. The number of nitrogens with zero attached hydrogens (tertiary/aromatic N) is 1. The van der Waals surface area contributed by atoms with Crippen molar-refractivity contribution in [3.8, 4) is 0 Å². The van der Waals surface area contributed by atoms with Crippen LogP contribution in [0.1, 0.15) is 36.3 Å². The van der Waals surface area contributed by atoms with Crippen molar-refractivity contribution in [1.82, 2.24) is 9.88 Å². The standard InChI is InChI=1S/C17H22N2O2/c1-3-17(2,13-20)18-16(21)15-10-7-11-19(15)12-14-8-5-4-6-9-14/h4-11,20H,3,12-13H2,1-2H3,(H,18,21). The number of hydrogen-bond acceptors (Lipinski definition) is 2. The average Bonchev–Trinajstić information content (AvgIpc) is 2.96. The Balaban J connectivity index is 2.15. The highest BCUT2D eigenvalue weighted by Crippen LogP contribution is 2.12. The molecule has 0 aliphatic carbocycles. The van der Waals surface area contributed by atoms with E-state index < -0.39 is 5.54 Å².